The van der Waals surface area contributed by atoms with Crippen molar-refractivity contribution in [3.63, 3.8) is 0 Å². The molecule has 2 atom stereocenters. The average Bonchev–Trinajstić information content (AvgIpc) is 3.03. The number of carboxylic acid groups (broad SMARTS) is 1. The number of hydrogen-bond acceptors (Lipinski definition) is 3. The molecule has 2 aromatic rings. The normalized spacial score (nSPS) is 22.8. The smallest absolute Gasteiger partial charge is 0.416 e. The molecule has 0 aliphatic carbocycles. The molecule has 2 unspecified atom stereocenters. The highest BCUT2D eigenvalue weighted by Gasteiger charge is 2.34. The van der Waals surface area contributed by atoms with Crippen molar-refractivity contribution >= 4 is 17.0 Å². The first-order chi connectivity index (χ1) is 9.84. The number of carbonyl (C=O) groups is 1. The van der Waals surface area contributed by atoms with Crippen LogP contribution in [-0.2, 0) is 15.7 Å². The van der Waals surface area contributed by atoms with E-state index in [4.69, 9.17) is 9.84 Å². The Morgan fingerprint density at radius 1 is 1.38 bits per heavy atom. The van der Waals surface area contributed by atoms with Crippen molar-refractivity contribution < 1.29 is 27.8 Å². The molecule has 1 fully saturated rings. The van der Waals surface area contributed by atoms with E-state index in [1.807, 2.05) is 0 Å². The summed E-state index contributed by atoms with van der Waals surface area (Å²) in [5.41, 5.74) is -0.122. The Hall–Kier alpha value is -2.09. The van der Waals surface area contributed by atoms with E-state index in [9.17, 15) is 18.0 Å². The van der Waals surface area contributed by atoms with Gasteiger partial charge in [0.05, 0.1) is 16.6 Å². The second-order valence-electron chi connectivity index (χ2n) is 4.88. The maximum Gasteiger partial charge on any atom is 0.416 e. The molecular weight excluding hydrogens is 289 g/mol. The fourth-order valence-corrected chi connectivity index (χ4v) is 2.38. The summed E-state index contributed by atoms with van der Waals surface area (Å²) in [6.07, 6.45) is -5.03. The number of nitrogens with one attached hydrogen (secondary N) is 1. The lowest BCUT2D eigenvalue weighted by atomic mass is 10.2. The number of ether oxygens (including phenoxy) is 1. The monoisotopic (exact) mass is 300 g/mol. The van der Waals surface area contributed by atoms with E-state index < -0.39 is 29.9 Å². The summed E-state index contributed by atoms with van der Waals surface area (Å²) in [5.74, 6) is -0.693. The molecule has 8 heteroatoms. The number of nitrogens with zero attached hydrogens (tertiary/aromatic N) is 1. The van der Waals surface area contributed by atoms with E-state index in [1.165, 1.54) is 6.07 Å². The molecular formula is C13H11F3N2O3. The Kier molecular flexibility index (Phi) is 3.12. The van der Waals surface area contributed by atoms with Crippen molar-refractivity contribution in [2.24, 2.45) is 0 Å². The quantitative estimate of drug-likeness (QED) is 0.894. The first-order valence-electron chi connectivity index (χ1n) is 6.30. The molecule has 1 aromatic heterocycles. The van der Waals surface area contributed by atoms with E-state index in [0.29, 0.717) is 24.2 Å². The Bertz CT molecular complexity index is 696. The second kappa shape index (κ2) is 4.73. The first-order valence-corrected chi connectivity index (χ1v) is 6.30. The number of halogens is 3. The van der Waals surface area contributed by atoms with Gasteiger partial charge in [0.25, 0.3) is 0 Å². The van der Waals surface area contributed by atoms with Crippen LogP contribution < -0.4 is 0 Å². The summed E-state index contributed by atoms with van der Waals surface area (Å²) in [4.78, 5) is 17.8. The van der Waals surface area contributed by atoms with Gasteiger partial charge in [-0.25, -0.2) is 9.78 Å². The topological polar surface area (TPSA) is 75.2 Å². The van der Waals surface area contributed by atoms with Crippen LogP contribution >= 0.6 is 0 Å². The van der Waals surface area contributed by atoms with Crippen molar-refractivity contribution in [3.05, 3.63) is 29.6 Å². The molecule has 1 saturated heterocycles. The minimum absolute atomic E-state index is 0.252. The first kappa shape index (κ1) is 13.9. The number of alkyl halides is 3. The van der Waals surface area contributed by atoms with E-state index in [1.54, 1.807) is 0 Å². The fraction of sp³-hybridized carbons (Fsp3) is 0.385. The van der Waals surface area contributed by atoms with Crippen LogP contribution in [0.3, 0.4) is 0 Å². The van der Waals surface area contributed by atoms with E-state index in [-0.39, 0.29) is 5.52 Å². The van der Waals surface area contributed by atoms with Crippen LogP contribution in [-0.4, -0.2) is 27.1 Å². The predicted octanol–water partition coefficient (Wildman–Crippen LogP) is 2.89. The summed E-state index contributed by atoms with van der Waals surface area (Å²) >= 11 is 0. The summed E-state index contributed by atoms with van der Waals surface area (Å²) in [6, 6.07) is 3.22. The van der Waals surface area contributed by atoms with Crippen molar-refractivity contribution in [2.75, 3.05) is 0 Å². The van der Waals surface area contributed by atoms with Crippen LogP contribution in [0.5, 0.6) is 0 Å². The molecule has 0 amide bonds. The van der Waals surface area contributed by atoms with Gasteiger partial charge in [-0.2, -0.15) is 13.2 Å². The Morgan fingerprint density at radius 2 is 2.14 bits per heavy atom. The number of aromatic nitrogens is 2. The van der Waals surface area contributed by atoms with Crippen molar-refractivity contribution in [1.82, 2.24) is 9.97 Å². The summed E-state index contributed by atoms with van der Waals surface area (Å²) in [7, 11) is 0. The molecule has 0 bridgehead atoms. The van der Waals surface area contributed by atoms with Crippen LogP contribution in [0.2, 0.25) is 0 Å². The number of carboxylic acids is 1. The van der Waals surface area contributed by atoms with Gasteiger partial charge in [0.1, 0.15) is 11.9 Å². The zero-order valence-corrected chi connectivity index (χ0v) is 10.6. The molecule has 2 heterocycles. The van der Waals surface area contributed by atoms with Crippen molar-refractivity contribution in [1.29, 1.82) is 0 Å². The molecule has 1 aromatic carbocycles. The number of rotatable bonds is 2. The third-order valence-corrected chi connectivity index (χ3v) is 3.43. The van der Waals surface area contributed by atoms with Gasteiger partial charge in [-0.15, -0.1) is 0 Å². The molecule has 112 valence electrons. The highest BCUT2D eigenvalue weighted by atomic mass is 19.4. The lowest BCUT2D eigenvalue weighted by molar-refractivity contribution is -0.149. The third-order valence-electron chi connectivity index (χ3n) is 3.43. The van der Waals surface area contributed by atoms with Gasteiger partial charge >= 0.3 is 12.1 Å². The molecule has 0 radical (unpaired) electrons. The molecule has 1 aliphatic rings. The van der Waals surface area contributed by atoms with Crippen LogP contribution in [0.15, 0.2) is 18.2 Å². The van der Waals surface area contributed by atoms with E-state index in [2.05, 4.69) is 9.97 Å². The maximum absolute atomic E-state index is 12.6. The van der Waals surface area contributed by atoms with Gasteiger partial charge in [0.2, 0.25) is 0 Å². The predicted molar refractivity (Wildman–Crippen MR) is 65.6 cm³/mol. The molecule has 0 spiro atoms. The number of H-pyrrole nitrogens is 1. The molecule has 3 rings (SSSR count). The minimum atomic E-state index is -4.42. The second-order valence-corrected chi connectivity index (χ2v) is 4.88. The highest BCUT2D eigenvalue weighted by molar-refractivity contribution is 5.76. The summed E-state index contributed by atoms with van der Waals surface area (Å²) in [5, 5.41) is 8.86. The minimum Gasteiger partial charge on any atom is -0.479 e. The summed E-state index contributed by atoms with van der Waals surface area (Å²) < 4.78 is 43.2. The highest BCUT2D eigenvalue weighted by Crippen LogP contribution is 2.34. The number of benzene rings is 1. The van der Waals surface area contributed by atoms with Crippen LogP contribution in [0.4, 0.5) is 13.2 Å². The Morgan fingerprint density at radius 3 is 2.76 bits per heavy atom. The van der Waals surface area contributed by atoms with E-state index in [0.717, 1.165) is 12.1 Å². The van der Waals surface area contributed by atoms with Gasteiger partial charge in [-0.3, -0.25) is 0 Å². The van der Waals surface area contributed by atoms with Gasteiger partial charge in [-0.1, -0.05) is 0 Å². The number of aliphatic carboxylic acids is 1. The summed E-state index contributed by atoms with van der Waals surface area (Å²) in [6.45, 7) is 0. The van der Waals surface area contributed by atoms with Crippen molar-refractivity contribution in [3.8, 4) is 0 Å². The van der Waals surface area contributed by atoms with Gasteiger partial charge < -0.3 is 14.8 Å². The van der Waals surface area contributed by atoms with Crippen molar-refractivity contribution in [2.45, 2.75) is 31.2 Å². The zero-order chi connectivity index (χ0) is 15.2. The number of hydrogen-bond donors (Lipinski definition) is 2. The van der Waals surface area contributed by atoms with E-state index >= 15 is 0 Å². The van der Waals surface area contributed by atoms with Crippen LogP contribution in [0.1, 0.15) is 30.3 Å². The Labute approximate surface area is 116 Å². The third kappa shape index (κ3) is 2.58. The SMILES string of the molecule is O=C(O)C1CCC(c2nc3ccc(C(F)(F)F)cc3[nH]2)O1. The van der Waals surface area contributed by atoms with Gasteiger partial charge in [0.15, 0.2) is 6.10 Å². The fourth-order valence-electron chi connectivity index (χ4n) is 2.38. The lowest BCUT2D eigenvalue weighted by Crippen LogP contribution is -2.18. The number of imidazole rings is 1. The van der Waals surface area contributed by atoms with Crippen LogP contribution in [0, 0.1) is 0 Å². The largest absolute Gasteiger partial charge is 0.479 e. The molecule has 0 saturated carbocycles. The molecule has 2 N–H and O–H groups in total. The number of fused-ring (bicyclic) bond motifs is 1. The van der Waals surface area contributed by atoms with Gasteiger partial charge in [-0.05, 0) is 31.0 Å². The average molecular weight is 300 g/mol. The maximum atomic E-state index is 12.6. The molecule has 1 aliphatic heterocycles. The standard InChI is InChI=1S/C13H11F3N2O3/c14-13(15,16)6-1-2-7-8(5-6)18-11(17-7)9-3-4-10(21-9)12(19)20/h1-2,5,9-10H,3-4H2,(H,17,18)(H,19,20). The van der Waals surface area contributed by atoms with Crippen LogP contribution in [0.25, 0.3) is 11.0 Å². The Balaban J connectivity index is 1.90. The molecule has 21 heavy (non-hydrogen) atoms. The number of aromatic amines is 1. The van der Waals surface area contributed by atoms with Gasteiger partial charge in [0, 0.05) is 0 Å². The zero-order valence-electron chi connectivity index (χ0n) is 10.6. The lowest BCUT2D eigenvalue weighted by Gasteiger charge is -2.07. The molecule has 5 nitrogen and oxygen atoms in total.